The molecule has 1 aromatic carbocycles. The van der Waals surface area contributed by atoms with E-state index in [1.165, 1.54) is 7.11 Å². The van der Waals surface area contributed by atoms with Crippen molar-refractivity contribution in [2.75, 3.05) is 25.8 Å². The Morgan fingerprint density at radius 3 is 2.74 bits per heavy atom. The van der Waals surface area contributed by atoms with Gasteiger partial charge in [0.25, 0.3) is 0 Å². The van der Waals surface area contributed by atoms with Crippen LogP contribution in [0, 0.1) is 10.3 Å². The van der Waals surface area contributed by atoms with Crippen molar-refractivity contribution in [3.8, 4) is 11.6 Å². The number of carbonyl (C=O) groups is 1. The van der Waals surface area contributed by atoms with Crippen LogP contribution < -0.4 is 10.1 Å². The van der Waals surface area contributed by atoms with E-state index in [1.54, 1.807) is 42.9 Å². The minimum Gasteiger partial charge on any atom is -0.491 e. The average Bonchev–Trinajstić information content (AvgIpc) is 3.34. The maximum absolute atomic E-state index is 11.8. The Balaban J connectivity index is 1.72. The van der Waals surface area contributed by atoms with Crippen molar-refractivity contribution in [3.05, 3.63) is 65.0 Å². The van der Waals surface area contributed by atoms with Crippen LogP contribution >= 0.6 is 11.9 Å². The van der Waals surface area contributed by atoms with Crippen LogP contribution in [0.4, 0.5) is 5.69 Å². The topological polar surface area (TPSA) is 128 Å². The Kier molecular flexibility index (Phi) is 8.24. The number of benzene rings is 1. The van der Waals surface area contributed by atoms with Crippen LogP contribution in [0.2, 0.25) is 0 Å². The number of nitrogens with zero attached hydrogens (tertiary/aromatic N) is 4. The fourth-order valence-electron chi connectivity index (χ4n) is 3.21. The second kappa shape index (κ2) is 11.1. The third kappa shape index (κ3) is 5.91. The summed E-state index contributed by atoms with van der Waals surface area (Å²) in [6.07, 6.45) is 3.40. The van der Waals surface area contributed by atoms with Crippen molar-refractivity contribution in [2.24, 2.45) is 10.00 Å². The lowest BCUT2D eigenvalue weighted by molar-refractivity contribution is -0.152. The van der Waals surface area contributed by atoms with Gasteiger partial charge in [0.2, 0.25) is 0 Å². The summed E-state index contributed by atoms with van der Waals surface area (Å²) in [5, 5.41) is 16.6. The Morgan fingerprint density at radius 2 is 2.09 bits per heavy atom. The molecule has 2 N–H and O–H groups in total. The highest BCUT2D eigenvalue weighted by Crippen LogP contribution is 2.33. The zero-order chi connectivity index (χ0) is 24.7. The number of nitrogens with one attached hydrogen (secondary N) is 1. The summed E-state index contributed by atoms with van der Waals surface area (Å²) in [5.41, 5.74) is 1.63. The van der Waals surface area contributed by atoms with Gasteiger partial charge in [0.15, 0.2) is 5.82 Å². The molecule has 1 unspecified atom stereocenters. The molecule has 3 aromatic rings. The lowest BCUT2D eigenvalue weighted by Crippen LogP contribution is -2.32. The summed E-state index contributed by atoms with van der Waals surface area (Å²) in [6, 6.07) is 11.0. The number of pyridine rings is 1. The summed E-state index contributed by atoms with van der Waals surface area (Å²) in [4.78, 5) is 27.6. The number of aliphatic hydroxyl groups excluding tert-OH is 1. The van der Waals surface area contributed by atoms with E-state index in [4.69, 9.17) is 14.6 Å². The number of aromatic nitrogens is 3. The molecule has 0 aliphatic rings. The summed E-state index contributed by atoms with van der Waals surface area (Å²) in [7, 11) is 1.35. The fraction of sp³-hybridized carbons (Fsp3) is 0.348. The van der Waals surface area contributed by atoms with Crippen LogP contribution in [-0.4, -0.2) is 46.3 Å². The lowest BCUT2D eigenvalue weighted by atomic mass is 9.95. The summed E-state index contributed by atoms with van der Waals surface area (Å²) < 4.78 is 15.0. The molecule has 0 spiro atoms. The second-order valence-electron chi connectivity index (χ2n) is 8.18. The third-order valence-electron chi connectivity index (χ3n) is 5.26. The van der Waals surface area contributed by atoms with Gasteiger partial charge in [-0.3, -0.25) is 4.79 Å². The first-order valence-electron chi connectivity index (χ1n) is 10.5. The fourth-order valence-corrected chi connectivity index (χ4v) is 3.72. The van der Waals surface area contributed by atoms with E-state index in [1.807, 2.05) is 31.3 Å². The SMILES string of the molecule is COC(=O)C(C)(C)COc1ccc(-n2ccc(C(C)c3ccc(NCO)c(SN=O)c3)n2)nc1. The van der Waals surface area contributed by atoms with Gasteiger partial charge in [-0.15, -0.1) is 4.91 Å². The smallest absolute Gasteiger partial charge is 0.314 e. The van der Waals surface area contributed by atoms with Crippen molar-refractivity contribution in [1.82, 2.24) is 14.8 Å². The number of hydrogen-bond acceptors (Lipinski definition) is 10. The van der Waals surface area contributed by atoms with Gasteiger partial charge in [-0.1, -0.05) is 13.0 Å². The molecule has 0 amide bonds. The van der Waals surface area contributed by atoms with Crippen LogP contribution in [0.3, 0.4) is 0 Å². The molecule has 34 heavy (non-hydrogen) atoms. The number of anilines is 1. The van der Waals surface area contributed by atoms with Gasteiger partial charge >= 0.3 is 5.97 Å². The van der Waals surface area contributed by atoms with Gasteiger partial charge in [0.05, 0.1) is 46.9 Å². The normalized spacial score (nSPS) is 12.1. The first-order valence-corrected chi connectivity index (χ1v) is 11.3. The van der Waals surface area contributed by atoms with Gasteiger partial charge in [-0.05, 0) is 49.7 Å². The first kappa shape index (κ1) is 25.2. The quantitative estimate of drug-likeness (QED) is 0.178. The van der Waals surface area contributed by atoms with Crippen LogP contribution in [0.25, 0.3) is 5.82 Å². The van der Waals surface area contributed by atoms with E-state index in [0.29, 0.717) is 22.2 Å². The molecule has 2 heterocycles. The molecule has 0 radical (unpaired) electrons. The Hall–Kier alpha value is -3.44. The van der Waals surface area contributed by atoms with E-state index >= 15 is 0 Å². The number of carbonyl (C=O) groups excluding carboxylic acids is 1. The predicted octanol–water partition coefficient (Wildman–Crippen LogP) is 4.13. The number of nitroso groups, excluding NO2 is 1. The van der Waals surface area contributed by atoms with E-state index in [2.05, 4.69) is 20.0 Å². The summed E-state index contributed by atoms with van der Waals surface area (Å²) in [6.45, 7) is 5.43. The third-order valence-corrected chi connectivity index (χ3v) is 5.87. The van der Waals surface area contributed by atoms with E-state index in [0.717, 1.165) is 23.2 Å². The van der Waals surface area contributed by atoms with Crippen molar-refractivity contribution >= 4 is 23.6 Å². The maximum Gasteiger partial charge on any atom is 0.314 e. The van der Waals surface area contributed by atoms with Crippen LogP contribution in [0.5, 0.6) is 5.75 Å². The molecule has 0 aliphatic carbocycles. The summed E-state index contributed by atoms with van der Waals surface area (Å²) in [5.74, 6) is 0.745. The number of methoxy groups -OCH3 is 1. The number of esters is 1. The highest BCUT2D eigenvalue weighted by atomic mass is 32.2. The maximum atomic E-state index is 11.8. The lowest BCUT2D eigenvalue weighted by Gasteiger charge is -2.21. The predicted molar refractivity (Wildman–Crippen MR) is 129 cm³/mol. The molecule has 1 atom stereocenters. The largest absolute Gasteiger partial charge is 0.491 e. The highest BCUT2D eigenvalue weighted by molar-refractivity contribution is 7.98. The zero-order valence-corrected chi connectivity index (χ0v) is 20.2. The number of rotatable bonds is 11. The van der Waals surface area contributed by atoms with E-state index in [9.17, 15) is 9.70 Å². The van der Waals surface area contributed by atoms with E-state index < -0.39 is 5.41 Å². The molecule has 180 valence electrons. The van der Waals surface area contributed by atoms with Crippen molar-refractivity contribution < 1.29 is 19.4 Å². The van der Waals surface area contributed by atoms with Gasteiger partial charge in [0.1, 0.15) is 19.1 Å². The molecule has 0 bridgehead atoms. The molecule has 0 saturated heterocycles. The second-order valence-corrected chi connectivity index (χ2v) is 8.95. The molecule has 0 fully saturated rings. The highest BCUT2D eigenvalue weighted by Gasteiger charge is 2.29. The van der Waals surface area contributed by atoms with Gasteiger partial charge in [-0.2, -0.15) is 5.10 Å². The Labute approximate surface area is 201 Å². The van der Waals surface area contributed by atoms with Crippen molar-refractivity contribution in [1.29, 1.82) is 0 Å². The molecule has 3 rings (SSSR count). The minimum absolute atomic E-state index is 0.0569. The van der Waals surface area contributed by atoms with Gasteiger partial charge in [-0.25, -0.2) is 9.67 Å². The number of hydrogen-bond donors (Lipinski definition) is 2. The van der Waals surface area contributed by atoms with E-state index in [-0.39, 0.29) is 25.2 Å². The number of ether oxygens (including phenoxy) is 2. The molecular formula is C23H27N5O5S. The minimum atomic E-state index is -0.771. The molecule has 0 aliphatic heterocycles. The van der Waals surface area contributed by atoms with Crippen molar-refractivity contribution in [2.45, 2.75) is 31.6 Å². The van der Waals surface area contributed by atoms with Crippen LogP contribution in [0.1, 0.15) is 37.9 Å². The van der Waals surface area contributed by atoms with Crippen LogP contribution in [-0.2, 0) is 9.53 Å². The number of aliphatic hydroxyl groups is 1. The molecular weight excluding hydrogens is 458 g/mol. The van der Waals surface area contributed by atoms with Crippen LogP contribution in [0.15, 0.2) is 58.3 Å². The average molecular weight is 486 g/mol. The monoisotopic (exact) mass is 485 g/mol. The first-order chi connectivity index (χ1) is 16.3. The Bertz CT molecular complexity index is 1130. The standard InChI is InChI=1S/C23H27N5O5S/c1-15(16-5-7-19(25-14-29)20(11-16)34-27-31)18-9-10-28(26-18)21-8-6-17(12-24-21)33-13-23(2,3)22(30)32-4/h5-12,15,25,29H,13-14H2,1-4H3. The van der Waals surface area contributed by atoms with Crippen molar-refractivity contribution in [3.63, 3.8) is 0 Å². The molecule has 0 saturated carbocycles. The Morgan fingerprint density at radius 1 is 1.29 bits per heavy atom. The van der Waals surface area contributed by atoms with Gasteiger partial charge < -0.3 is 19.9 Å². The molecule has 2 aromatic heterocycles. The van der Waals surface area contributed by atoms with Gasteiger partial charge in [0, 0.05) is 16.7 Å². The summed E-state index contributed by atoms with van der Waals surface area (Å²) >= 11 is 0.803. The molecule has 11 heteroatoms. The zero-order valence-electron chi connectivity index (χ0n) is 19.4. The molecule has 10 nitrogen and oxygen atoms in total.